The van der Waals surface area contributed by atoms with Crippen molar-refractivity contribution in [2.24, 2.45) is 17.3 Å². The van der Waals surface area contributed by atoms with Gasteiger partial charge in [-0.3, -0.25) is 0 Å². The zero-order valence-corrected chi connectivity index (χ0v) is 6.36. The molecule has 0 N–H and O–H groups in total. The summed E-state index contributed by atoms with van der Waals surface area (Å²) >= 11 is 0. The Kier molecular flexibility index (Phi) is 1.14. The maximum atomic E-state index is 2.36. The summed E-state index contributed by atoms with van der Waals surface area (Å²) in [4.78, 5) is 0. The summed E-state index contributed by atoms with van der Waals surface area (Å²) < 4.78 is 0. The predicted molar refractivity (Wildman–Crippen MR) is 36.7 cm³/mol. The minimum Gasteiger partial charge on any atom is -0.0625 e. The van der Waals surface area contributed by atoms with Crippen molar-refractivity contribution in [1.29, 1.82) is 0 Å². The second kappa shape index (κ2) is 1.49. The molecule has 1 fully saturated rings. The van der Waals surface area contributed by atoms with Crippen LogP contribution in [0.2, 0.25) is 0 Å². The standard InChI is InChI=1S/C8H16/c1-6(2)7-5-8(7,3)4/h6-7H,5H2,1-4H3. The molecule has 48 valence electrons. The van der Waals surface area contributed by atoms with Gasteiger partial charge in [0.15, 0.2) is 0 Å². The van der Waals surface area contributed by atoms with Crippen LogP contribution in [0, 0.1) is 17.3 Å². The van der Waals surface area contributed by atoms with Crippen molar-refractivity contribution in [1.82, 2.24) is 0 Å². The summed E-state index contributed by atoms with van der Waals surface area (Å²) in [7, 11) is 0. The highest BCUT2D eigenvalue weighted by molar-refractivity contribution is 4.96. The molecular weight excluding hydrogens is 96.1 g/mol. The lowest BCUT2D eigenvalue weighted by atomic mass is 10.0. The van der Waals surface area contributed by atoms with Gasteiger partial charge >= 0.3 is 0 Å². The van der Waals surface area contributed by atoms with Crippen LogP contribution in [-0.4, -0.2) is 0 Å². The van der Waals surface area contributed by atoms with Gasteiger partial charge in [0.1, 0.15) is 0 Å². The summed E-state index contributed by atoms with van der Waals surface area (Å²) in [6.45, 7) is 9.36. The van der Waals surface area contributed by atoms with Gasteiger partial charge < -0.3 is 0 Å². The van der Waals surface area contributed by atoms with Crippen molar-refractivity contribution in [3.05, 3.63) is 0 Å². The van der Waals surface area contributed by atoms with Crippen LogP contribution in [-0.2, 0) is 0 Å². The van der Waals surface area contributed by atoms with Gasteiger partial charge in [0.25, 0.3) is 0 Å². The molecule has 1 atom stereocenters. The normalized spacial score (nSPS) is 33.4. The maximum Gasteiger partial charge on any atom is -0.0320 e. The molecule has 0 aromatic carbocycles. The predicted octanol–water partition coefficient (Wildman–Crippen LogP) is 2.69. The summed E-state index contributed by atoms with van der Waals surface area (Å²) in [6.07, 6.45) is 1.45. The Bertz CT molecular complexity index is 90.2. The molecule has 0 saturated heterocycles. The molecule has 8 heavy (non-hydrogen) atoms. The van der Waals surface area contributed by atoms with Crippen molar-refractivity contribution in [2.75, 3.05) is 0 Å². The second-order valence-corrected chi connectivity index (χ2v) is 4.04. The minimum absolute atomic E-state index is 0.689. The van der Waals surface area contributed by atoms with E-state index in [1.165, 1.54) is 6.42 Å². The van der Waals surface area contributed by atoms with Crippen molar-refractivity contribution < 1.29 is 0 Å². The molecule has 0 aromatic rings. The van der Waals surface area contributed by atoms with Gasteiger partial charge in [0.2, 0.25) is 0 Å². The molecule has 1 unspecified atom stereocenters. The third-order valence-corrected chi connectivity index (χ3v) is 2.39. The van der Waals surface area contributed by atoms with Gasteiger partial charge in [-0.2, -0.15) is 0 Å². The van der Waals surface area contributed by atoms with Crippen LogP contribution in [0.15, 0.2) is 0 Å². The van der Waals surface area contributed by atoms with E-state index in [0.717, 1.165) is 11.8 Å². The highest BCUT2D eigenvalue weighted by Gasteiger charge is 2.46. The van der Waals surface area contributed by atoms with E-state index in [1.54, 1.807) is 0 Å². The number of rotatable bonds is 1. The first-order chi connectivity index (χ1) is 3.54. The Morgan fingerprint density at radius 1 is 1.38 bits per heavy atom. The third kappa shape index (κ3) is 0.888. The quantitative estimate of drug-likeness (QED) is 0.489. The topological polar surface area (TPSA) is 0 Å². The van der Waals surface area contributed by atoms with Crippen molar-refractivity contribution in [2.45, 2.75) is 34.1 Å². The fraction of sp³-hybridized carbons (Fsp3) is 1.00. The van der Waals surface area contributed by atoms with Gasteiger partial charge in [0, 0.05) is 0 Å². The fourth-order valence-corrected chi connectivity index (χ4v) is 1.65. The first kappa shape index (κ1) is 6.12. The Balaban J connectivity index is 2.37. The lowest BCUT2D eigenvalue weighted by Gasteiger charge is -2.04. The molecule has 0 nitrogen and oxygen atoms in total. The van der Waals surface area contributed by atoms with E-state index in [0.29, 0.717) is 5.41 Å². The first-order valence-electron chi connectivity index (χ1n) is 3.54. The maximum absolute atomic E-state index is 2.36. The molecule has 0 spiro atoms. The van der Waals surface area contributed by atoms with Gasteiger partial charge in [-0.15, -0.1) is 0 Å². The monoisotopic (exact) mass is 112 g/mol. The lowest BCUT2D eigenvalue weighted by Crippen LogP contribution is -1.96. The average molecular weight is 112 g/mol. The van der Waals surface area contributed by atoms with E-state index in [4.69, 9.17) is 0 Å². The van der Waals surface area contributed by atoms with E-state index < -0.39 is 0 Å². The smallest absolute Gasteiger partial charge is 0.0320 e. The van der Waals surface area contributed by atoms with Crippen LogP contribution in [0.5, 0.6) is 0 Å². The summed E-state index contributed by atoms with van der Waals surface area (Å²) in [5, 5.41) is 0. The molecule has 1 rings (SSSR count). The lowest BCUT2D eigenvalue weighted by molar-refractivity contribution is 0.451. The van der Waals surface area contributed by atoms with Crippen LogP contribution >= 0.6 is 0 Å². The molecule has 1 aliphatic rings. The minimum atomic E-state index is 0.689. The van der Waals surface area contributed by atoms with Gasteiger partial charge in [-0.05, 0) is 23.7 Å². The molecule has 1 aliphatic carbocycles. The molecule has 1 saturated carbocycles. The first-order valence-corrected chi connectivity index (χ1v) is 3.54. The second-order valence-electron chi connectivity index (χ2n) is 4.04. The molecular formula is C8H16. The van der Waals surface area contributed by atoms with Crippen LogP contribution in [0.25, 0.3) is 0 Å². The van der Waals surface area contributed by atoms with Crippen molar-refractivity contribution >= 4 is 0 Å². The summed E-state index contributed by atoms with van der Waals surface area (Å²) in [6, 6.07) is 0. The molecule has 0 heterocycles. The largest absolute Gasteiger partial charge is 0.0625 e. The molecule has 0 heteroatoms. The Labute approximate surface area is 52.3 Å². The zero-order chi connectivity index (χ0) is 6.36. The third-order valence-electron chi connectivity index (χ3n) is 2.39. The Morgan fingerprint density at radius 2 is 1.75 bits per heavy atom. The van der Waals surface area contributed by atoms with Crippen LogP contribution < -0.4 is 0 Å². The SMILES string of the molecule is CC(C)C1CC1(C)C. The van der Waals surface area contributed by atoms with Crippen LogP contribution in [0.4, 0.5) is 0 Å². The van der Waals surface area contributed by atoms with E-state index in [-0.39, 0.29) is 0 Å². The van der Waals surface area contributed by atoms with Gasteiger partial charge in [-0.25, -0.2) is 0 Å². The number of hydrogen-bond donors (Lipinski definition) is 0. The van der Waals surface area contributed by atoms with Gasteiger partial charge in [0.05, 0.1) is 0 Å². The van der Waals surface area contributed by atoms with Crippen molar-refractivity contribution in [3.63, 3.8) is 0 Å². The van der Waals surface area contributed by atoms with Crippen LogP contribution in [0.1, 0.15) is 34.1 Å². The van der Waals surface area contributed by atoms with Crippen molar-refractivity contribution in [3.8, 4) is 0 Å². The van der Waals surface area contributed by atoms with E-state index in [2.05, 4.69) is 27.7 Å². The Morgan fingerprint density at radius 3 is 1.75 bits per heavy atom. The van der Waals surface area contributed by atoms with Crippen LogP contribution in [0.3, 0.4) is 0 Å². The molecule has 0 amide bonds. The Hall–Kier alpha value is 0. The number of hydrogen-bond acceptors (Lipinski definition) is 0. The highest BCUT2D eigenvalue weighted by Crippen LogP contribution is 2.55. The zero-order valence-electron chi connectivity index (χ0n) is 6.36. The highest BCUT2D eigenvalue weighted by atomic mass is 14.5. The average Bonchev–Trinajstić information content (AvgIpc) is 2.13. The summed E-state index contributed by atoms with van der Waals surface area (Å²) in [5.74, 6) is 1.92. The summed E-state index contributed by atoms with van der Waals surface area (Å²) in [5.41, 5.74) is 0.689. The molecule has 0 bridgehead atoms. The van der Waals surface area contributed by atoms with Gasteiger partial charge in [-0.1, -0.05) is 27.7 Å². The molecule has 0 aliphatic heterocycles. The molecule has 0 radical (unpaired) electrons. The van der Waals surface area contributed by atoms with E-state index in [9.17, 15) is 0 Å². The molecule has 0 aromatic heterocycles. The fourth-order valence-electron chi connectivity index (χ4n) is 1.65. The van der Waals surface area contributed by atoms with E-state index in [1.807, 2.05) is 0 Å². The van der Waals surface area contributed by atoms with E-state index >= 15 is 0 Å².